The molecule has 4 rings (SSSR count). The number of hydrogen-bond acceptors (Lipinski definition) is 4. The van der Waals surface area contributed by atoms with Gasteiger partial charge in [0.05, 0.1) is 6.54 Å². The Bertz CT molecular complexity index is 444. The fourth-order valence-corrected chi connectivity index (χ4v) is 3.48. The summed E-state index contributed by atoms with van der Waals surface area (Å²) in [6.07, 6.45) is 12.3. The number of hydrogen-bond donors (Lipinski definition) is 0. The molecule has 1 aromatic heterocycles. The van der Waals surface area contributed by atoms with Gasteiger partial charge in [0.1, 0.15) is 0 Å². The van der Waals surface area contributed by atoms with Crippen LogP contribution >= 0.6 is 0 Å². The summed E-state index contributed by atoms with van der Waals surface area (Å²) < 4.78 is 5.84. The molecule has 0 amide bonds. The number of rotatable bonds is 6. The summed E-state index contributed by atoms with van der Waals surface area (Å²) in [5, 5.41) is 8.48. The molecule has 110 valence electrons. The van der Waals surface area contributed by atoms with Gasteiger partial charge in [0, 0.05) is 18.5 Å². The lowest BCUT2D eigenvalue weighted by atomic mass is 9.89. The van der Waals surface area contributed by atoms with Gasteiger partial charge in [-0.1, -0.05) is 19.3 Å². The Balaban J connectivity index is 1.37. The van der Waals surface area contributed by atoms with E-state index in [1.165, 1.54) is 64.3 Å². The van der Waals surface area contributed by atoms with Gasteiger partial charge in [0.15, 0.2) is 0 Å². The maximum absolute atomic E-state index is 5.84. The van der Waals surface area contributed by atoms with Crippen molar-refractivity contribution in [3.8, 4) is 0 Å². The first-order valence-corrected chi connectivity index (χ1v) is 8.45. The monoisotopic (exact) mass is 275 g/mol. The lowest BCUT2D eigenvalue weighted by Gasteiger charge is -2.28. The van der Waals surface area contributed by atoms with Gasteiger partial charge >= 0.3 is 0 Å². The van der Waals surface area contributed by atoms with Crippen molar-refractivity contribution in [2.45, 2.75) is 76.3 Å². The first-order chi connectivity index (χ1) is 9.88. The summed E-state index contributed by atoms with van der Waals surface area (Å²) in [4.78, 5) is 2.61. The summed E-state index contributed by atoms with van der Waals surface area (Å²) in [6.45, 7) is 2.12. The molecule has 3 saturated carbocycles. The first-order valence-electron chi connectivity index (χ1n) is 8.45. The molecule has 0 aliphatic heterocycles. The van der Waals surface area contributed by atoms with Gasteiger partial charge in [-0.3, -0.25) is 4.90 Å². The van der Waals surface area contributed by atoms with Gasteiger partial charge in [0.2, 0.25) is 11.8 Å². The van der Waals surface area contributed by atoms with Gasteiger partial charge in [-0.05, 0) is 44.4 Å². The molecular weight excluding hydrogens is 250 g/mol. The van der Waals surface area contributed by atoms with Gasteiger partial charge in [-0.15, -0.1) is 10.2 Å². The van der Waals surface area contributed by atoms with Crippen molar-refractivity contribution in [2.75, 3.05) is 6.54 Å². The molecule has 0 unspecified atom stereocenters. The zero-order chi connectivity index (χ0) is 13.4. The summed E-state index contributed by atoms with van der Waals surface area (Å²) >= 11 is 0. The van der Waals surface area contributed by atoms with Crippen LogP contribution in [-0.4, -0.2) is 27.7 Å². The van der Waals surface area contributed by atoms with E-state index in [9.17, 15) is 0 Å². The van der Waals surface area contributed by atoms with Crippen molar-refractivity contribution in [2.24, 2.45) is 5.92 Å². The number of aromatic nitrogens is 2. The Morgan fingerprint density at radius 3 is 2.45 bits per heavy atom. The summed E-state index contributed by atoms with van der Waals surface area (Å²) in [7, 11) is 0. The molecule has 0 atom stereocenters. The van der Waals surface area contributed by atoms with Gasteiger partial charge in [-0.25, -0.2) is 0 Å². The second-order valence-electron chi connectivity index (χ2n) is 6.97. The Kier molecular flexibility index (Phi) is 3.51. The quantitative estimate of drug-likeness (QED) is 0.797. The largest absolute Gasteiger partial charge is 0.424 e. The van der Waals surface area contributed by atoms with E-state index < -0.39 is 0 Å². The van der Waals surface area contributed by atoms with Gasteiger partial charge in [0.25, 0.3) is 0 Å². The van der Waals surface area contributed by atoms with E-state index in [-0.39, 0.29) is 0 Å². The third-order valence-corrected chi connectivity index (χ3v) is 5.03. The highest BCUT2D eigenvalue weighted by atomic mass is 16.4. The standard InChI is InChI=1S/C16H25N3O/c1-2-4-12(5-3-1)10-19(14-8-9-14)11-15-17-18-16(20-15)13-6-7-13/h12-14H,1-11H2. The third kappa shape index (κ3) is 3.05. The molecule has 0 aromatic carbocycles. The van der Waals surface area contributed by atoms with E-state index >= 15 is 0 Å². The second-order valence-corrected chi connectivity index (χ2v) is 6.97. The molecule has 3 aliphatic carbocycles. The summed E-state index contributed by atoms with van der Waals surface area (Å²) in [5.74, 6) is 3.20. The highest BCUT2D eigenvalue weighted by Gasteiger charge is 2.33. The highest BCUT2D eigenvalue weighted by Crippen LogP contribution is 2.39. The molecule has 0 N–H and O–H groups in total. The van der Waals surface area contributed by atoms with E-state index in [4.69, 9.17) is 4.42 Å². The van der Waals surface area contributed by atoms with Crippen LogP contribution in [0.3, 0.4) is 0 Å². The smallest absolute Gasteiger partial charge is 0.230 e. The van der Waals surface area contributed by atoms with Crippen LogP contribution < -0.4 is 0 Å². The van der Waals surface area contributed by atoms with E-state index in [0.29, 0.717) is 5.92 Å². The normalized spacial score (nSPS) is 24.4. The molecule has 1 aromatic rings. The average molecular weight is 275 g/mol. The van der Waals surface area contributed by atoms with Gasteiger partial charge < -0.3 is 4.42 Å². The fraction of sp³-hybridized carbons (Fsp3) is 0.875. The Morgan fingerprint density at radius 2 is 1.75 bits per heavy atom. The molecule has 4 nitrogen and oxygen atoms in total. The van der Waals surface area contributed by atoms with Crippen LogP contribution in [0.25, 0.3) is 0 Å². The number of nitrogens with zero attached hydrogens (tertiary/aromatic N) is 3. The maximum atomic E-state index is 5.84. The van der Waals surface area contributed by atoms with Crippen molar-refractivity contribution in [3.63, 3.8) is 0 Å². The maximum Gasteiger partial charge on any atom is 0.230 e. The highest BCUT2D eigenvalue weighted by molar-refractivity contribution is 5.00. The van der Waals surface area contributed by atoms with Crippen molar-refractivity contribution in [1.29, 1.82) is 0 Å². The molecule has 0 spiro atoms. The zero-order valence-corrected chi connectivity index (χ0v) is 12.3. The SMILES string of the molecule is C1CCC(CN(Cc2nnc(C3CC3)o2)C2CC2)CC1. The average Bonchev–Trinajstić information content (AvgIpc) is 3.39. The van der Waals surface area contributed by atoms with Crippen LogP contribution in [0.2, 0.25) is 0 Å². The molecule has 4 heteroatoms. The Morgan fingerprint density at radius 1 is 0.950 bits per heavy atom. The van der Waals surface area contributed by atoms with Crippen molar-refractivity contribution in [3.05, 3.63) is 11.8 Å². The Hall–Kier alpha value is -0.900. The molecule has 3 aliphatic rings. The lowest BCUT2D eigenvalue weighted by molar-refractivity contribution is 0.171. The van der Waals surface area contributed by atoms with E-state index in [2.05, 4.69) is 15.1 Å². The third-order valence-electron chi connectivity index (χ3n) is 5.03. The fourth-order valence-electron chi connectivity index (χ4n) is 3.48. The minimum Gasteiger partial charge on any atom is -0.424 e. The van der Waals surface area contributed by atoms with Crippen LogP contribution in [0.5, 0.6) is 0 Å². The van der Waals surface area contributed by atoms with Crippen LogP contribution in [0, 0.1) is 5.92 Å². The van der Waals surface area contributed by atoms with Crippen LogP contribution in [0.15, 0.2) is 4.42 Å². The van der Waals surface area contributed by atoms with Crippen molar-refractivity contribution >= 4 is 0 Å². The zero-order valence-electron chi connectivity index (χ0n) is 12.3. The molecule has 0 saturated heterocycles. The molecule has 1 heterocycles. The van der Waals surface area contributed by atoms with Crippen LogP contribution in [0.1, 0.15) is 75.5 Å². The summed E-state index contributed by atoms with van der Waals surface area (Å²) in [5.41, 5.74) is 0. The van der Waals surface area contributed by atoms with E-state index in [0.717, 1.165) is 30.3 Å². The minimum atomic E-state index is 0.573. The second kappa shape index (κ2) is 5.47. The topological polar surface area (TPSA) is 42.2 Å². The molecule has 3 fully saturated rings. The van der Waals surface area contributed by atoms with Crippen molar-refractivity contribution in [1.82, 2.24) is 15.1 Å². The molecule has 0 radical (unpaired) electrons. The summed E-state index contributed by atoms with van der Waals surface area (Å²) in [6, 6.07) is 0.785. The molecule has 0 bridgehead atoms. The Labute approximate surface area is 120 Å². The van der Waals surface area contributed by atoms with E-state index in [1.54, 1.807) is 0 Å². The predicted octanol–water partition coefficient (Wildman–Crippen LogP) is 3.49. The first kappa shape index (κ1) is 12.8. The van der Waals surface area contributed by atoms with Crippen molar-refractivity contribution < 1.29 is 4.42 Å². The molecular formula is C16H25N3O. The van der Waals surface area contributed by atoms with Crippen LogP contribution in [0.4, 0.5) is 0 Å². The van der Waals surface area contributed by atoms with Crippen LogP contribution in [-0.2, 0) is 6.54 Å². The van der Waals surface area contributed by atoms with Gasteiger partial charge in [-0.2, -0.15) is 0 Å². The predicted molar refractivity (Wildman–Crippen MR) is 76.3 cm³/mol. The van der Waals surface area contributed by atoms with E-state index in [1.807, 2.05) is 0 Å². The minimum absolute atomic E-state index is 0.573. The lowest BCUT2D eigenvalue weighted by Crippen LogP contribution is -2.32. The molecule has 20 heavy (non-hydrogen) atoms.